The van der Waals surface area contributed by atoms with Crippen molar-refractivity contribution in [2.24, 2.45) is 0 Å². The number of carbonyl (C=O) groups excluding carboxylic acids is 3. The number of nitrogens with one attached hydrogen (secondary N) is 2. The second-order valence-corrected chi connectivity index (χ2v) is 6.94. The molecule has 0 atom stereocenters. The molecule has 3 rings (SSSR count). The molecule has 0 bridgehead atoms. The zero-order valence-corrected chi connectivity index (χ0v) is 18.3. The van der Waals surface area contributed by atoms with Gasteiger partial charge in [0.2, 0.25) is 0 Å². The van der Waals surface area contributed by atoms with Crippen molar-refractivity contribution in [1.29, 1.82) is 0 Å². The number of hydrogen-bond donors (Lipinski definition) is 2. The summed E-state index contributed by atoms with van der Waals surface area (Å²) in [6, 6.07) is 20.5. The highest BCUT2D eigenvalue weighted by molar-refractivity contribution is 6.06. The van der Waals surface area contributed by atoms with Gasteiger partial charge in [-0.2, -0.15) is 0 Å². The number of anilines is 1. The Balaban J connectivity index is 1.71. The van der Waals surface area contributed by atoms with Crippen molar-refractivity contribution in [2.75, 3.05) is 26.1 Å². The summed E-state index contributed by atoms with van der Waals surface area (Å²) in [6.45, 7) is -0.0303. The van der Waals surface area contributed by atoms with Crippen molar-refractivity contribution in [2.45, 2.75) is 6.54 Å². The van der Waals surface area contributed by atoms with E-state index in [1.807, 2.05) is 18.2 Å². The summed E-state index contributed by atoms with van der Waals surface area (Å²) in [6.07, 6.45) is 0. The van der Waals surface area contributed by atoms with Gasteiger partial charge in [0.25, 0.3) is 11.8 Å². The first-order valence-electron chi connectivity index (χ1n) is 10.1. The summed E-state index contributed by atoms with van der Waals surface area (Å²) in [4.78, 5) is 37.0. The van der Waals surface area contributed by atoms with Crippen LogP contribution in [-0.2, 0) is 16.1 Å². The smallest absolute Gasteiger partial charge is 0.337 e. The maximum atomic E-state index is 12.7. The summed E-state index contributed by atoms with van der Waals surface area (Å²) in [5, 5.41) is 5.50. The van der Waals surface area contributed by atoms with Crippen molar-refractivity contribution in [1.82, 2.24) is 5.32 Å². The summed E-state index contributed by atoms with van der Waals surface area (Å²) >= 11 is 0. The van der Waals surface area contributed by atoms with E-state index in [4.69, 9.17) is 14.2 Å². The van der Waals surface area contributed by atoms with E-state index in [-0.39, 0.29) is 24.6 Å². The summed E-state index contributed by atoms with van der Waals surface area (Å²) < 4.78 is 15.5. The molecule has 2 N–H and O–H groups in total. The molecule has 8 heteroatoms. The molecule has 0 spiro atoms. The van der Waals surface area contributed by atoms with E-state index >= 15 is 0 Å². The van der Waals surface area contributed by atoms with Crippen LogP contribution in [0.25, 0.3) is 0 Å². The molecule has 0 unspecified atom stereocenters. The van der Waals surface area contributed by atoms with Gasteiger partial charge in [-0.15, -0.1) is 0 Å². The molecule has 3 aromatic carbocycles. The van der Waals surface area contributed by atoms with Crippen molar-refractivity contribution in [3.05, 3.63) is 89.5 Å². The van der Waals surface area contributed by atoms with Crippen molar-refractivity contribution >= 4 is 23.5 Å². The first kappa shape index (κ1) is 23.3. The Morgan fingerprint density at radius 3 is 2.33 bits per heavy atom. The minimum atomic E-state index is -0.566. The highest BCUT2D eigenvalue weighted by Gasteiger charge is 2.15. The number of hydrogen-bond acceptors (Lipinski definition) is 6. The number of esters is 1. The fourth-order valence-corrected chi connectivity index (χ4v) is 3.05. The van der Waals surface area contributed by atoms with Crippen LogP contribution >= 0.6 is 0 Å². The molecule has 0 aliphatic heterocycles. The van der Waals surface area contributed by atoms with Gasteiger partial charge in [0, 0.05) is 12.2 Å². The van der Waals surface area contributed by atoms with Crippen molar-refractivity contribution < 1.29 is 28.6 Å². The molecule has 0 fully saturated rings. The van der Waals surface area contributed by atoms with Crippen LogP contribution in [0.15, 0.2) is 72.8 Å². The first-order valence-corrected chi connectivity index (χ1v) is 10.1. The Kier molecular flexibility index (Phi) is 8.02. The average Bonchev–Trinajstić information content (AvgIpc) is 2.86. The molecule has 0 radical (unpaired) electrons. The van der Waals surface area contributed by atoms with Gasteiger partial charge in [0.05, 0.1) is 25.3 Å². The fourth-order valence-electron chi connectivity index (χ4n) is 3.05. The molecule has 8 nitrogen and oxygen atoms in total. The zero-order valence-electron chi connectivity index (χ0n) is 18.3. The predicted molar refractivity (Wildman–Crippen MR) is 123 cm³/mol. The van der Waals surface area contributed by atoms with E-state index < -0.39 is 11.9 Å². The molecule has 0 heterocycles. The number of amides is 2. The maximum absolute atomic E-state index is 12.7. The van der Waals surface area contributed by atoms with Crippen molar-refractivity contribution in [3.63, 3.8) is 0 Å². The SMILES string of the molecule is COC(=O)c1cc(CNC(=O)COc2ccccc2)cc(NC(=O)c2ccccc2OC)c1. The molecule has 0 saturated heterocycles. The standard InChI is InChI=1S/C25H24N2O6/c1-31-22-11-7-6-10-21(22)24(29)27-19-13-17(12-18(14-19)25(30)32-2)15-26-23(28)16-33-20-8-4-3-5-9-20/h3-14H,15-16H2,1-2H3,(H,26,28)(H,27,29). The monoisotopic (exact) mass is 448 g/mol. The lowest BCUT2D eigenvalue weighted by Gasteiger charge is -2.13. The van der Waals surface area contributed by atoms with Gasteiger partial charge in [0.1, 0.15) is 11.5 Å². The summed E-state index contributed by atoms with van der Waals surface area (Å²) in [7, 11) is 2.75. The third-order valence-corrected chi connectivity index (χ3v) is 4.63. The molecule has 33 heavy (non-hydrogen) atoms. The van der Waals surface area contributed by atoms with Crippen LogP contribution in [0.1, 0.15) is 26.3 Å². The topological polar surface area (TPSA) is 103 Å². The molecule has 2 amide bonds. The summed E-state index contributed by atoms with van der Waals surface area (Å²) in [5.41, 5.74) is 1.55. The number of para-hydroxylation sites is 2. The van der Waals surface area contributed by atoms with E-state index in [9.17, 15) is 14.4 Å². The number of rotatable bonds is 9. The molecule has 0 saturated carbocycles. The van der Waals surface area contributed by atoms with E-state index in [2.05, 4.69) is 10.6 Å². The Morgan fingerprint density at radius 1 is 0.879 bits per heavy atom. The van der Waals surface area contributed by atoms with E-state index in [1.54, 1.807) is 48.5 Å². The minimum absolute atomic E-state index is 0.124. The number of methoxy groups -OCH3 is 2. The minimum Gasteiger partial charge on any atom is -0.496 e. The quantitative estimate of drug-likeness (QED) is 0.486. The molecule has 0 aliphatic rings. The van der Waals surface area contributed by atoms with E-state index in [1.165, 1.54) is 20.3 Å². The largest absolute Gasteiger partial charge is 0.496 e. The zero-order chi connectivity index (χ0) is 23.6. The van der Waals surface area contributed by atoms with Gasteiger partial charge < -0.3 is 24.8 Å². The molecular weight excluding hydrogens is 424 g/mol. The van der Waals surface area contributed by atoms with Gasteiger partial charge in [-0.05, 0) is 48.0 Å². The van der Waals surface area contributed by atoms with Gasteiger partial charge in [0.15, 0.2) is 6.61 Å². The van der Waals surface area contributed by atoms with Crippen LogP contribution in [0, 0.1) is 0 Å². The fraction of sp³-hybridized carbons (Fsp3) is 0.160. The second kappa shape index (κ2) is 11.3. The molecule has 170 valence electrons. The molecular formula is C25H24N2O6. The van der Waals surface area contributed by atoms with Gasteiger partial charge in [-0.1, -0.05) is 30.3 Å². The number of ether oxygens (including phenoxy) is 3. The van der Waals surface area contributed by atoms with Crippen LogP contribution in [0.4, 0.5) is 5.69 Å². The Morgan fingerprint density at radius 2 is 1.61 bits per heavy atom. The van der Waals surface area contributed by atoms with Crippen LogP contribution in [0.5, 0.6) is 11.5 Å². The Hall–Kier alpha value is -4.33. The molecule has 3 aromatic rings. The van der Waals surface area contributed by atoms with Crippen LogP contribution < -0.4 is 20.1 Å². The normalized spacial score (nSPS) is 10.1. The van der Waals surface area contributed by atoms with Gasteiger partial charge in [-0.25, -0.2) is 4.79 Å². The van der Waals surface area contributed by atoms with Crippen LogP contribution in [-0.4, -0.2) is 38.6 Å². The lowest BCUT2D eigenvalue weighted by Crippen LogP contribution is -2.28. The number of benzene rings is 3. The molecule has 0 aromatic heterocycles. The van der Waals surface area contributed by atoms with Crippen LogP contribution in [0.2, 0.25) is 0 Å². The lowest BCUT2D eigenvalue weighted by atomic mass is 10.1. The Labute approximate surface area is 191 Å². The third-order valence-electron chi connectivity index (χ3n) is 4.63. The van der Waals surface area contributed by atoms with E-state index in [0.29, 0.717) is 28.3 Å². The lowest BCUT2D eigenvalue weighted by molar-refractivity contribution is -0.123. The highest BCUT2D eigenvalue weighted by Crippen LogP contribution is 2.21. The van der Waals surface area contributed by atoms with E-state index in [0.717, 1.165) is 0 Å². The van der Waals surface area contributed by atoms with Gasteiger partial charge >= 0.3 is 5.97 Å². The second-order valence-electron chi connectivity index (χ2n) is 6.94. The molecule has 0 aliphatic carbocycles. The highest BCUT2D eigenvalue weighted by atomic mass is 16.5. The maximum Gasteiger partial charge on any atom is 0.337 e. The average molecular weight is 448 g/mol. The van der Waals surface area contributed by atoms with Gasteiger partial charge in [-0.3, -0.25) is 9.59 Å². The van der Waals surface area contributed by atoms with Crippen molar-refractivity contribution in [3.8, 4) is 11.5 Å². The Bertz CT molecular complexity index is 1130. The first-order chi connectivity index (χ1) is 16.0. The predicted octanol–water partition coefficient (Wildman–Crippen LogP) is 3.43. The summed E-state index contributed by atoms with van der Waals surface area (Å²) in [5.74, 6) is -0.294. The third kappa shape index (κ3) is 6.57. The van der Waals surface area contributed by atoms with Crippen LogP contribution in [0.3, 0.4) is 0 Å². The number of carbonyl (C=O) groups is 3.